The smallest absolute Gasteiger partial charge is 0.244 e. The minimum Gasteiger partial charge on any atom is -0.497 e. The predicted octanol–water partition coefficient (Wildman–Crippen LogP) is 4.96. The van der Waals surface area contributed by atoms with E-state index >= 15 is 0 Å². The van der Waals surface area contributed by atoms with Gasteiger partial charge in [0.05, 0.1) is 18.3 Å². The van der Waals surface area contributed by atoms with Crippen molar-refractivity contribution in [2.75, 3.05) is 7.11 Å². The van der Waals surface area contributed by atoms with Crippen molar-refractivity contribution >= 4 is 28.4 Å². The van der Waals surface area contributed by atoms with E-state index in [0.29, 0.717) is 17.4 Å². The third kappa shape index (κ3) is 4.61. The number of carbonyl (C=O) groups is 1. The van der Waals surface area contributed by atoms with Crippen molar-refractivity contribution in [3.05, 3.63) is 70.8 Å². The van der Waals surface area contributed by atoms with Crippen LogP contribution in [0.25, 0.3) is 22.2 Å². The first-order chi connectivity index (χ1) is 16.4. The maximum absolute atomic E-state index is 13.4. The highest BCUT2D eigenvalue weighted by Crippen LogP contribution is 2.33. The van der Waals surface area contributed by atoms with Gasteiger partial charge in [0, 0.05) is 34.6 Å². The molecule has 5 rings (SSSR count). The SMILES string of the molecule is COc1ccc2cc(CN(C(=O)Cn3nc(C)nc3C)C3CC3)c(-c3ccc(Cl)cc3)nc2c1. The van der Waals surface area contributed by atoms with Crippen molar-refractivity contribution in [2.24, 2.45) is 0 Å². The monoisotopic (exact) mass is 475 g/mol. The number of pyridine rings is 1. The molecule has 1 amide bonds. The van der Waals surface area contributed by atoms with Gasteiger partial charge in [-0.25, -0.2) is 14.6 Å². The van der Waals surface area contributed by atoms with Crippen LogP contribution in [-0.2, 0) is 17.9 Å². The second kappa shape index (κ2) is 9.06. The molecule has 2 aromatic carbocycles. The van der Waals surface area contributed by atoms with Crippen molar-refractivity contribution < 1.29 is 9.53 Å². The minimum atomic E-state index is 0.0346. The number of hydrogen-bond acceptors (Lipinski definition) is 5. The third-order valence-electron chi connectivity index (χ3n) is 6.12. The summed E-state index contributed by atoms with van der Waals surface area (Å²) in [7, 11) is 1.65. The Morgan fingerprint density at radius 1 is 1.12 bits per heavy atom. The van der Waals surface area contributed by atoms with Crippen molar-refractivity contribution in [1.29, 1.82) is 0 Å². The lowest BCUT2D eigenvalue weighted by Crippen LogP contribution is -2.36. The van der Waals surface area contributed by atoms with Gasteiger partial charge in [-0.1, -0.05) is 23.7 Å². The number of amides is 1. The number of aryl methyl sites for hydroxylation is 2. The lowest BCUT2D eigenvalue weighted by atomic mass is 10.0. The van der Waals surface area contributed by atoms with Gasteiger partial charge in [0.25, 0.3) is 0 Å². The number of aromatic nitrogens is 4. The van der Waals surface area contributed by atoms with E-state index < -0.39 is 0 Å². The van der Waals surface area contributed by atoms with Crippen LogP contribution in [-0.4, -0.2) is 43.7 Å². The lowest BCUT2D eigenvalue weighted by Gasteiger charge is -2.24. The molecule has 0 saturated heterocycles. The zero-order valence-corrected chi connectivity index (χ0v) is 20.2. The van der Waals surface area contributed by atoms with Crippen LogP contribution in [0.2, 0.25) is 5.02 Å². The highest BCUT2D eigenvalue weighted by molar-refractivity contribution is 6.30. The van der Waals surface area contributed by atoms with Crippen molar-refractivity contribution in [1.82, 2.24) is 24.6 Å². The van der Waals surface area contributed by atoms with Crippen LogP contribution in [0.1, 0.15) is 30.1 Å². The minimum absolute atomic E-state index is 0.0346. The summed E-state index contributed by atoms with van der Waals surface area (Å²) < 4.78 is 7.07. The van der Waals surface area contributed by atoms with Gasteiger partial charge in [-0.2, -0.15) is 5.10 Å². The highest BCUT2D eigenvalue weighted by Gasteiger charge is 2.33. The van der Waals surface area contributed by atoms with Crippen LogP contribution < -0.4 is 4.74 Å². The van der Waals surface area contributed by atoms with Gasteiger partial charge in [-0.3, -0.25) is 4.79 Å². The molecule has 4 aromatic rings. The Hall–Kier alpha value is -3.45. The molecule has 2 aromatic heterocycles. The highest BCUT2D eigenvalue weighted by atomic mass is 35.5. The largest absolute Gasteiger partial charge is 0.497 e. The molecular formula is C26H26ClN5O2. The first-order valence-corrected chi connectivity index (χ1v) is 11.7. The van der Waals surface area contributed by atoms with E-state index in [-0.39, 0.29) is 18.5 Å². The van der Waals surface area contributed by atoms with Crippen LogP contribution in [0, 0.1) is 13.8 Å². The van der Waals surface area contributed by atoms with E-state index in [1.165, 1.54) is 0 Å². The predicted molar refractivity (Wildman–Crippen MR) is 132 cm³/mol. The molecule has 0 radical (unpaired) electrons. The van der Waals surface area contributed by atoms with Gasteiger partial charge in [0.1, 0.15) is 23.9 Å². The fourth-order valence-corrected chi connectivity index (χ4v) is 4.34. The number of hydrogen-bond donors (Lipinski definition) is 0. The molecular weight excluding hydrogens is 450 g/mol. The molecule has 0 N–H and O–H groups in total. The van der Waals surface area contributed by atoms with Gasteiger partial charge in [0.15, 0.2) is 0 Å². The summed E-state index contributed by atoms with van der Waals surface area (Å²) in [6, 6.07) is 15.9. The average Bonchev–Trinajstić information content (AvgIpc) is 3.61. The summed E-state index contributed by atoms with van der Waals surface area (Å²) in [5.74, 6) is 2.20. The molecule has 1 aliphatic rings. The summed E-state index contributed by atoms with van der Waals surface area (Å²) >= 11 is 6.14. The molecule has 2 heterocycles. The lowest BCUT2D eigenvalue weighted by molar-refractivity contribution is -0.133. The van der Waals surface area contributed by atoms with Crippen molar-refractivity contribution in [3.8, 4) is 17.0 Å². The summed E-state index contributed by atoms with van der Waals surface area (Å²) in [5, 5.41) is 6.04. The molecule has 8 heteroatoms. The molecule has 174 valence electrons. The molecule has 0 atom stereocenters. The summed E-state index contributed by atoms with van der Waals surface area (Å²) in [5.41, 5.74) is 3.62. The maximum atomic E-state index is 13.4. The van der Waals surface area contributed by atoms with E-state index in [4.69, 9.17) is 21.3 Å². The van der Waals surface area contributed by atoms with Gasteiger partial charge in [-0.15, -0.1) is 0 Å². The Bertz CT molecular complexity index is 1360. The Labute approximate surface area is 203 Å². The molecule has 34 heavy (non-hydrogen) atoms. The zero-order chi connectivity index (χ0) is 23.8. The van der Waals surface area contributed by atoms with Gasteiger partial charge in [-0.05, 0) is 62.6 Å². The molecule has 7 nitrogen and oxygen atoms in total. The third-order valence-corrected chi connectivity index (χ3v) is 6.37. The molecule has 1 saturated carbocycles. The van der Waals surface area contributed by atoms with E-state index in [1.807, 2.05) is 61.2 Å². The van der Waals surface area contributed by atoms with Crippen LogP contribution in [0.15, 0.2) is 48.5 Å². The van der Waals surface area contributed by atoms with Crippen LogP contribution in [0.4, 0.5) is 0 Å². The molecule has 0 bridgehead atoms. The fraction of sp³-hybridized carbons (Fsp3) is 0.308. The van der Waals surface area contributed by atoms with Crippen LogP contribution >= 0.6 is 11.6 Å². The maximum Gasteiger partial charge on any atom is 0.244 e. The molecule has 1 aliphatic carbocycles. The first kappa shape index (κ1) is 22.3. The Morgan fingerprint density at radius 3 is 2.53 bits per heavy atom. The second-order valence-electron chi connectivity index (χ2n) is 8.68. The average molecular weight is 476 g/mol. The van der Waals surface area contributed by atoms with Gasteiger partial charge < -0.3 is 9.64 Å². The van der Waals surface area contributed by atoms with E-state index in [2.05, 4.69) is 16.1 Å². The molecule has 0 unspecified atom stereocenters. The molecule has 0 spiro atoms. The topological polar surface area (TPSA) is 73.1 Å². The second-order valence-corrected chi connectivity index (χ2v) is 9.11. The normalized spacial score (nSPS) is 13.3. The van der Waals surface area contributed by atoms with Crippen LogP contribution in [0.3, 0.4) is 0 Å². The summed E-state index contributed by atoms with van der Waals surface area (Å²) in [6.07, 6.45) is 2.02. The number of rotatable bonds is 7. The Balaban J connectivity index is 1.53. The number of benzene rings is 2. The quantitative estimate of drug-likeness (QED) is 0.377. The van der Waals surface area contributed by atoms with Crippen LogP contribution in [0.5, 0.6) is 5.75 Å². The number of fused-ring (bicyclic) bond motifs is 1. The molecule has 0 aliphatic heterocycles. The molecule has 1 fully saturated rings. The Morgan fingerprint density at radius 2 is 1.88 bits per heavy atom. The number of methoxy groups -OCH3 is 1. The van der Waals surface area contributed by atoms with Gasteiger partial charge >= 0.3 is 0 Å². The number of halogens is 1. The van der Waals surface area contributed by atoms with E-state index in [9.17, 15) is 4.79 Å². The number of nitrogens with zero attached hydrogens (tertiary/aromatic N) is 5. The van der Waals surface area contributed by atoms with Gasteiger partial charge in [0.2, 0.25) is 5.91 Å². The summed E-state index contributed by atoms with van der Waals surface area (Å²) in [4.78, 5) is 24.7. The standard InChI is InChI=1S/C26H26ClN5O2/c1-16-28-17(2)32(30-16)15-25(33)31(22-9-10-22)14-20-12-19-6-11-23(34-3)13-24(19)29-26(20)18-4-7-21(27)8-5-18/h4-8,11-13,22H,9-10,14-15H2,1-3H3. The van der Waals surface area contributed by atoms with E-state index in [1.54, 1.807) is 11.8 Å². The zero-order valence-electron chi connectivity index (χ0n) is 19.5. The van der Waals surface area contributed by atoms with Crippen molar-refractivity contribution in [2.45, 2.75) is 45.8 Å². The number of ether oxygens (including phenoxy) is 1. The Kier molecular flexibility index (Phi) is 5.96. The van der Waals surface area contributed by atoms with E-state index in [0.717, 1.165) is 52.1 Å². The fourth-order valence-electron chi connectivity index (χ4n) is 4.22. The summed E-state index contributed by atoms with van der Waals surface area (Å²) in [6.45, 7) is 4.36. The first-order valence-electron chi connectivity index (χ1n) is 11.3. The number of carbonyl (C=O) groups excluding carboxylic acids is 1. The van der Waals surface area contributed by atoms with Crippen molar-refractivity contribution in [3.63, 3.8) is 0 Å².